The molecule has 1 aromatic rings. The van der Waals surface area contributed by atoms with Gasteiger partial charge in [0.2, 0.25) is 5.91 Å². The molecule has 2 heterocycles. The first-order valence-corrected chi connectivity index (χ1v) is 8.69. The molecule has 3 nitrogen and oxygen atoms in total. The molecular formula is C16H26N2OS. The minimum absolute atomic E-state index is 0.164. The van der Waals surface area contributed by atoms with E-state index in [0.717, 1.165) is 32.5 Å². The van der Waals surface area contributed by atoms with Crippen LogP contribution in [0.1, 0.15) is 50.4 Å². The molecule has 20 heavy (non-hydrogen) atoms. The van der Waals surface area contributed by atoms with Crippen LogP contribution in [0.3, 0.4) is 0 Å². The van der Waals surface area contributed by atoms with E-state index in [1.54, 1.807) is 11.3 Å². The molecule has 4 heteroatoms. The topological polar surface area (TPSA) is 32.3 Å². The lowest BCUT2D eigenvalue weighted by Crippen LogP contribution is -2.38. The van der Waals surface area contributed by atoms with E-state index >= 15 is 0 Å². The standard InChI is InChI=1S/C16H26N2OS/c1-3-13(4-2)16(19)17-12-14(15-8-7-11-20-15)18-9-5-6-10-18/h7-8,11,13-14H,3-6,9-10,12H2,1-2H3,(H,17,19). The summed E-state index contributed by atoms with van der Waals surface area (Å²) in [6.07, 6.45) is 4.41. The van der Waals surface area contributed by atoms with Crippen molar-refractivity contribution in [2.24, 2.45) is 5.92 Å². The largest absolute Gasteiger partial charge is 0.354 e. The van der Waals surface area contributed by atoms with Crippen LogP contribution in [0.15, 0.2) is 17.5 Å². The van der Waals surface area contributed by atoms with Crippen LogP contribution in [0.4, 0.5) is 0 Å². The smallest absolute Gasteiger partial charge is 0.223 e. The number of likely N-dealkylation sites (tertiary alicyclic amines) is 1. The maximum atomic E-state index is 12.2. The van der Waals surface area contributed by atoms with Crippen molar-refractivity contribution in [3.8, 4) is 0 Å². The first-order valence-electron chi connectivity index (χ1n) is 7.81. The van der Waals surface area contributed by atoms with Gasteiger partial charge in [-0.1, -0.05) is 19.9 Å². The Bertz CT molecular complexity index is 395. The number of carbonyl (C=O) groups is 1. The van der Waals surface area contributed by atoms with Crippen LogP contribution in [0.5, 0.6) is 0 Å². The Hall–Kier alpha value is -0.870. The van der Waals surface area contributed by atoms with E-state index in [4.69, 9.17) is 0 Å². The molecule has 1 N–H and O–H groups in total. The minimum atomic E-state index is 0.164. The van der Waals surface area contributed by atoms with Gasteiger partial charge in [-0.25, -0.2) is 0 Å². The first kappa shape index (κ1) is 15.5. The molecule has 0 aromatic carbocycles. The fraction of sp³-hybridized carbons (Fsp3) is 0.688. The SMILES string of the molecule is CCC(CC)C(=O)NCC(c1cccs1)N1CCCC1. The van der Waals surface area contributed by atoms with Crippen molar-refractivity contribution in [1.29, 1.82) is 0 Å². The second-order valence-electron chi connectivity index (χ2n) is 5.53. The van der Waals surface area contributed by atoms with Gasteiger partial charge in [-0.05, 0) is 50.2 Å². The van der Waals surface area contributed by atoms with Crippen molar-refractivity contribution in [1.82, 2.24) is 10.2 Å². The van der Waals surface area contributed by atoms with E-state index < -0.39 is 0 Å². The van der Waals surface area contributed by atoms with Gasteiger partial charge in [0, 0.05) is 17.3 Å². The van der Waals surface area contributed by atoms with Crippen LogP contribution in [-0.2, 0) is 4.79 Å². The van der Waals surface area contributed by atoms with Crippen LogP contribution < -0.4 is 5.32 Å². The molecule has 0 saturated carbocycles. The van der Waals surface area contributed by atoms with Crippen molar-refractivity contribution in [2.45, 2.75) is 45.6 Å². The fourth-order valence-corrected chi connectivity index (χ4v) is 3.81. The summed E-state index contributed by atoms with van der Waals surface area (Å²) >= 11 is 1.80. The molecule has 1 saturated heterocycles. The molecule has 1 amide bonds. The Morgan fingerprint density at radius 2 is 2.05 bits per heavy atom. The second-order valence-corrected chi connectivity index (χ2v) is 6.51. The van der Waals surface area contributed by atoms with Gasteiger partial charge in [0.15, 0.2) is 0 Å². The van der Waals surface area contributed by atoms with Crippen LogP contribution in [0, 0.1) is 5.92 Å². The van der Waals surface area contributed by atoms with E-state index in [2.05, 4.69) is 41.6 Å². The normalized spacial score (nSPS) is 17.6. The molecule has 0 bridgehead atoms. The van der Waals surface area contributed by atoms with Gasteiger partial charge in [0.25, 0.3) is 0 Å². The van der Waals surface area contributed by atoms with E-state index in [1.807, 2.05) is 0 Å². The van der Waals surface area contributed by atoms with Crippen molar-refractivity contribution in [2.75, 3.05) is 19.6 Å². The average Bonchev–Trinajstić information content (AvgIpc) is 3.13. The Morgan fingerprint density at radius 1 is 1.35 bits per heavy atom. The monoisotopic (exact) mass is 294 g/mol. The van der Waals surface area contributed by atoms with Gasteiger partial charge < -0.3 is 5.32 Å². The maximum absolute atomic E-state index is 12.2. The van der Waals surface area contributed by atoms with E-state index in [-0.39, 0.29) is 11.8 Å². The molecule has 1 aliphatic heterocycles. The summed E-state index contributed by atoms with van der Waals surface area (Å²) in [5, 5.41) is 5.30. The van der Waals surface area contributed by atoms with Gasteiger partial charge in [-0.3, -0.25) is 9.69 Å². The first-order chi connectivity index (χ1) is 9.76. The Kier molecular flexibility index (Phi) is 6.05. The number of rotatable bonds is 7. The quantitative estimate of drug-likeness (QED) is 0.835. The summed E-state index contributed by atoms with van der Waals surface area (Å²) in [6.45, 7) is 7.23. The number of carbonyl (C=O) groups excluding carboxylic acids is 1. The number of nitrogens with one attached hydrogen (secondary N) is 1. The number of hydrogen-bond donors (Lipinski definition) is 1. The Morgan fingerprint density at radius 3 is 2.60 bits per heavy atom. The number of amides is 1. The zero-order chi connectivity index (χ0) is 14.4. The van der Waals surface area contributed by atoms with E-state index in [1.165, 1.54) is 17.7 Å². The molecule has 0 aliphatic carbocycles. The van der Waals surface area contributed by atoms with Crippen molar-refractivity contribution >= 4 is 17.2 Å². The predicted octanol–water partition coefficient (Wildman–Crippen LogP) is 3.44. The van der Waals surface area contributed by atoms with Crippen molar-refractivity contribution < 1.29 is 4.79 Å². The van der Waals surface area contributed by atoms with Crippen molar-refractivity contribution in [3.63, 3.8) is 0 Å². The highest BCUT2D eigenvalue weighted by Gasteiger charge is 2.25. The highest BCUT2D eigenvalue weighted by atomic mass is 32.1. The van der Waals surface area contributed by atoms with Crippen molar-refractivity contribution in [3.05, 3.63) is 22.4 Å². The summed E-state index contributed by atoms with van der Waals surface area (Å²) in [6, 6.07) is 4.65. The predicted molar refractivity (Wildman–Crippen MR) is 84.9 cm³/mol. The zero-order valence-corrected chi connectivity index (χ0v) is 13.4. The van der Waals surface area contributed by atoms with Gasteiger partial charge >= 0.3 is 0 Å². The van der Waals surface area contributed by atoms with Crippen LogP contribution in [0.2, 0.25) is 0 Å². The highest BCUT2D eigenvalue weighted by Crippen LogP contribution is 2.27. The molecule has 0 spiro atoms. The lowest BCUT2D eigenvalue weighted by atomic mass is 10.0. The van der Waals surface area contributed by atoms with Gasteiger partial charge in [0.1, 0.15) is 0 Å². The summed E-state index contributed by atoms with van der Waals surface area (Å²) in [4.78, 5) is 16.1. The molecule has 1 unspecified atom stereocenters. The molecular weight excluding hydrogens is 268 g/mol. The molecule has 112 valence electrons. The molecule has 1 aliphatic rings. The third-order valence-electron chi connectivity index (χ3n) is 4.28. The number of thiophene rings is 1. The number of nitrogens with zero attached hydrogens (tertiary/aromatic N) is 1. The molecule has 2 rings (SSSR count). The molecule has 1 aromatic heterocycles. The molecule has 1 atom stereocenters. The van der Waals surface area contributed by atoms with E-state index in [0.29, 0.717) is 6.04 Å². The van der Waals surface area contributed by atoms with Crippen LogP contribution >= 0.6 is 11.3 Å². The third kappa shape index (κ3) is 3.83. The minimum Gasteiger partial charge on any atom is -0.354 e. The Labute approximate surface area is 126 Å². The maximum Gasteiger partial charge on any atom is 0.223 e. The zero-order valence-electron chi connectivity index (χ0n) is 12.6. The van der Waals surface area contributed by atoms with E-state index in [9.17, 15) is 4.79 Å². The van der Waals surface area contributed by atoms with Crippen LogP contribution in [0.25, 0.3) is 0 Å². The van der Waals surface area contributed by atoms with Crippen LogP contribution in [-0.4, -0.2) is 30.4 Å². The van der Waals surface area contributed by atoms with Gasteiger partial charge in [0.05, 0.1) is 6.04 Å². The summed E-state index contributed by atoms with van der Waals surface area (Å²) in [7, 11) is 0. The number of hydrogen-bond acceptors (Lipinski definition) is 3. The van der Waals surface area contributed by atoms with Gasteiger partial charge in [-0.15, -0.1) is 11.3 Å². The summed E-state index contributed by atoms with van der Waals surface area (Å²) < 4.78 is 0. The lowest BCUT2D eigenvalue weighted by molar-refractivity contribution is -0.125. The summed E-state index contributed by atoms with van der Waals surface area (Å²) in [5.74, 6) is 0.383. The van der Waals surface area contributed by atoms with Gasteiger partial charge in [-0.2, -0.15) is 0 Å². The fourth-order valence-electron chi connectivity index (χ4n) is 2.94. The molecule has 1 fully saturated rings. The highest BCUT2D eigenvalue weighted by molar-refractivity contribution is 7.10. The lowest BCUT2D eigenvalue weighted by Gasteiger charge is -2.27. The Balaban J connectivity index is 1.96. The molecule has 0 radical (unpaired) electrons. The third-order valence-corrected chi connectivity index (χ3v) is 5.25. The second kappa shape index (κ2) is 7.79. The average molecular weight is 294 g/mol. The summed E-state index contributed by atoms with van der Waals surface area (Å²) in [5.41, 5.74) is 0.